The number of methoxy groups -OCH3 is 1. The monoisotopic (exact) mass is 505 g/mol. The minimum atomic E-state index is -4.62. The van der Waals surface area contributed by atoms with Crippen molar-refractivity contribution in [3.63, 3.8) is 0 Å². The predicted octanol–water partition coefficient (Wildman–Crippen LogP) is 5.04. The molecule has 1 unspecified atom stereocenters. The Morgan fingerprint density at radius 1 is 1.14 bits per heavy atom. The van der Waals surface area contributed by atoms with Gasteiger partial charge in [-0.15, -0.1) is 0 Å². The maximum absolute atomic E-state index is 15.2. The van der Waals surface area contributed by atoms with Gasteiger partial charge in [0, 0.05) is 49.4 Å². The topological polar surface area (TPSA) is 57.4 Å². The number of H-pyrrole nitrogens is 1. The number of hydrogen-bond acceptors (Lipinski definition) is 4. The number of aryl methyl sites for hydroxylation is 1. The molecule has 1 aliphatic rings. The number of benzene rings is 2. The van der Waals surface area contributed by atoms with E-state index in [1.807, 2.05) is 25.1 Å². The van der Waals surface area contributed by atoms with Gasteiger partial charge < -0.3 is 15.0 Å². The summed E-state index contributed by atoms with van der Waals surface area (Å²) in [6.07, 6.45) is -2.41. The third kappa shape index (κ3) is 5.79. The molecule has 1 aromatic heterocycles. The normalized spacial score (nSPS) is 16.5. The number of fused-ring (bicyclic) bond motifs is 1. The molecule has 36 heavy (non-hydrogen) atoms. The summed E-state index contributed by atoms with van der Waals surface area (Å²) in [6, 6.07) is 9.82. The number of hydrogen-bond donors (Lipinski definition) is 2. The Bertz CT molecular complexity index is 1250. The molecule has 2 N–H and O–H groups in total. The smallest absolute Gasteiger partial charge is 0.383 e. The maximum Gasteiger partial charge on any atom is 0.416 e. The van der Waals surface area contributed by atoms with E-state index in [9.17, 15) is 18.0 Å². The van der Waals surface area contributed by atoms with Crippen molar-refractivity contribution < 1.29 is 22.3 Å². The summed E-state index contributed by atoms with van der Waals surface area (Å²) < 4.78 is 60.0. The van der Waals surface area contributed by atoms with Crippen molar-refractivity contribution in [1.29, 1.82) is 0 Å². The van der Waals surface area contributed by atoms with Crippen molar-refractivity contribution in [2.45, 2.75) is 44.4 Å². The first-order valence-electron chi connectivity index (χ1n) is 12.2. The molecule has 1 aliphatic heterocycles. The van der Waals surface area contributed by atoms with E-state index < -0.39 is 23.6 Å². The van der Waals surface area contributed by atoms with Gasteiger partial charge in [-0.1, -0.05) is 19.1 Å². The summed E-state index contributed by atoms with van der Waals surface area (Å²) in [5.41, 5.74) is 1.11. The number of alkyl halides is 3. The molecule has 0 radical (unpaired) electrons. The molecule has 194 valence electrons. The van der Waals surface area contributed by atoms with Crippen molar-refractivity contribution in [2.24, 2.45) is 0 Å². The van der Waals surface area contributed by atoms with Gasteiger partial charge in [-0.3, -0.25) is 9.69 Å². The highest BCUT2D eigenvalue weighted by atomic mass is 19.4. The molecule has 1 fully saturated rings. The molecule has 0 bridgehead atoms. The van der Waals surface area contributed by atoms with E-state index in [4.69, 9.17) is 4.74 Å². The third-order valence-corrected chi connectivity index (χ3v) is 6.90. The zero-order chi connectivity index (χ0) is 25.9. The van der Waals surface area contributed by atoms with Gasteiger partial charge in [0.1, 0.15) is 5.82 Å². The summed E-state index contributed by atoms with van der Waals surface area (Å²) in [6.45, 7) is 4.55. The lowest BCUT2D eigenvalue weighted by atomic mass is 9.91. The second-order valence-corrected chi connectivity index (χ2v) is 9.22. The van der Waals surface area contributed by atoms with Crippen LogP contribution in [0.3, 0.4) is 0 Å². The van der Waals surface area contributed by atoms with Gasteiger partial charge in [0.2, 0.25) is 0 Å². The van der Waals surface area contributed by atoms with E-state index in [0.29, 0.717) is 49.3 Å². The second kappa shape index (κ2) is 11.1. The summed E-state index contributed by atoms with van der Waals surface area (Å²) in [5.74, 6) is -0.883. The van der Waals surface area contributed by atoms with Crippen LogP contribution in [0.25, 0.3) is 10.9 Å². The van der Waals surface area contributed by atoms with Crippen molar-refractivity contribution in [1.82, 2.24) is 15.2 Å². The van der Waals surface area contributed by atoms with Crippen molar-refractivity contribution in [3.8, 4) is 0 Å². The van der Waals surface area contributed by atoms with E-state index in [-0.39, 0.29) is 11.1 Å². The molecule has 5 nitrogen and oxygen atoms in total. The van der Waals surface area contributed by atoms with Crippen LogP contribution in [-0.2, 0) is 17.3 Å². The zero-order valence-electron chi connectivity index (χ0n) is 20.4. The van der Waals surface area contributed by atoms with Gasteiger partial charge in [0.05, 0.1) is 18.2 Å². The minimum absolute atomic E-state index is 0.147. The molecule has 0 spiro atoms. The van der Waals surface area contributed by atoms with Crippen LogP contribution in [0.4, 0.5) is 17.6 Å². The summed E-state index contributed by atoms with van der Waals surface area (Å²) >= 11 is 0. The average Bonchev–Trinajstić information content (AvgIpc) is 2.85. The molecule has 1 saturated heterocycles. The molecule has 3 aromatic rings. The Labute approximate surface area is 207 Å². The van der Waals surface area contributed by atoms with Crippen LogP contribution in [0.5, 0.6) is 0 Å². The van der Waals surface area contributed by atoms with Crippen molar-refractivity contribution in [3.05, 3.63) is 80.9 Å². The van der Waals surface area contributed by atoms with Gasteiger partial charge in [-0.05, 0) is 60.5 Å². The lowest BCUT2D eigenvalue weighted by Crippen LogP contribution is -2.45. The fourth-order valence-electron chi connectivity index (χ4n) is 4.94. The molecular formula is C27H31F4N3O2. The standard InChI is InChI=1S/C27H31F4N3O2/c1-3-17-14-19-15-18(4-7-24(19)33-26(17)35)25(22-6-5-20(16-23(22)28)27(29,30)31)34-11-8-21(9-12-34)32-10-13-36-2/h4-7,14-16,21,25,32H,3,8-13H2,1-2H3,(H,33,35). The average molecular weight is 506 g/mol. The van der Waals surface area contributed by atoms with Crippen LogP contribution in [0, 0.1) is 5.82 Å². The summed E-state index contributed by atoms with van der Waals surface area (Å²) in [5, 5.41) is 4.26. The second-order valence-electron chi connectivity index (χ2n) is 9.22. The van der Waals surface area contributed by atoms with Crippen LogP contribution < -0.4 is 10.9 Å². The molecular weight excluding hydrogens is 474 g/mol. The highest BCUT2D eigenvalue weighted by Crippen LogP contribution is 2.37. The van der Waals surface area contributed by atoms with Gasteiger partial charge in [0.25, 0.3) is 5.56 Å². The Morgan fingerprint density at radius 2 is 1.89 bits per heavy atom. The molecule has 1 atom stereocenters. The van der Waals surface area contributed by atoms with Crippen LogP contribution in [0.1, 0.15) is 48.1 Å². The third-order valence-electron chi connectivity index (χ3n) is 6.90. The molecule has 9 heteroatoms. The first-order chi connectivity index (χ1) is 17.2. The number of aromatic amines is 1. The van der Waals surface area contributed by atoms with Crippen LogP contribution in [0.15, 0.2) is 47.3 Å². The Morgan fingerprint density at radius 3 is 2.53 bits per heavy atom. The van der Waals surface area contributed by atoms with Crippen LogP contribution >= 0.6 is 0 Å². The first-order valence-corrected chi connectivity index (χ1v) is 12.2. The fraction of sp³-hybridized carbons (Fsp3) is 0.444. The van der Waals surface area contributed by atoms with E-state index >= 15 is 4.39 Å². The van der Waals surface area contributed by atoms with Gasteiger partial charge >= 0.3 is 6.18 Å². The molecule has 2 aromatic carbocycles. The van der Waals surface area contributed by atoms with Gasteiger partial charge in [-0.2, -0.15) is 13.2 Å². The lowest BCUT2D eigenvalue weighted by Gasteiger charge is -2.38. The van der Waals surface area contributed by atoms with Gasteiger partial charge in [0.15, 0.2) is 0 Å². The largest absolute Gasteiger partial charge is 0.416 e. The minimum Gasteiger partial charge on any atom is -0.383 e. The summed E-state index contributed by atoms with van der Waals surface area (Å²) in [4.78, 5) is 17.2. The fourth-order valence-corrected chi connectivity index (χ4v) is 4.94. The highest BCUT2D eigenvalue weighted by Gasteiger charge is 2.34. The molecule has 0 saturated carbocycles. The Kier molecular flexibility index (Phi) is 8.12. The van der Waals surface area contributed by atoms with E-state index in [1.54, 1.807) is 13.2 Å². The number of likely N-dealkylation sites (tertiary alicyclic amines) is 1. The SMILES string of the molecule is CCc1cc2cc(C(c3ccc(C(F)(F)F)cc3F)N3CCC(NCCOC)CC3)ccc2[nH]c1=O. The lowest BCUT2D eigenvalue weighted by molar-refractivity contribution is -0.137. The number of nitrogens with one attached hydrogen (secondary N) is 2. The zero-order valence-corrected chi connectivity index (χ0v) is 20.4. The van der Waals surface area contributed by atoms with E-state index in [1.165, 1.54) is 6.07 Å². The Hall–Kier alpha value is -2.75. The van der Waals surface area contributed by atoms with Crippen molar-refractivity contribution in [2.75, 3.05) is 33.4 Å². The number of rotatable bonds is 8. The number of nitrogens with zero attached hydrogens (tertiary/aromatic N) is 1. The summed E-state index contributed by atoms with van der Waals surface area (Å²) in [7, 11) is 1.65. The van der Waals surface area contributed by atoms with Crippen molar-refractivity contribution >= 4 is 10.9 Å². The predicted molar refractivity (Wildman–Crippen MR) is 132 cm³/mol. The van der Waals surface area contributed by atoms with E-state index in [0.717, 1.165) is 36.4 Å². The van der Waals surface area contributed by atoms with Crippen LogP contribution in [-0.4, -0.2) is 49.3 Å². The first kappa shape index (κ1) is 26.3. The molecule has 0 amide bonds. The van der Waals surface area contributed by atoms with E-state index in [2.05, 4.69) is 15.2 Å². The number of piperidine rings is 1. The number of pyridine rings is 1. The molecule has 4 rings (SSSR count). The maximum atomic E-state index is 15.2. The Balaban J connectivity index is 1.71. The van der Waals surface area contributed by atoms with Gasteiger partial charge in [-0.25, -0.2) is 4.39 Å². The highest BCUT2D eigenvalue weighted by molar-refractivity contribution is 5.80. The molecule has 2 heterocycles. The number of halogens is 4. The number of ether oxygens (including phenoxy) is 1. The quantitative estimate of drug-likeness (QED) is 0.333. The van der Waals surface area contributed by atoms with Crippen LogP contribution in [0.2, 0.25) is 0 Å². The molecule has 0 aliphatic carbocycles. The number of aromatic nitrogens is 1.